The molecule has 0 aliphatic carbocycles. The smallest absolute Gasteiger partial charge is 0.268 e. The maximum Gasteiger partial charge on any atom is 0.268 e. The molecule has 0 radical (unpaired) electrons. The molecule has 1 amide bonds. The zero-order valence-electron chi connectivity index (χ0n) is 22.9. The number of hydrogen-bond acceptors (Lipinski definition) is 8. The molecular formula is C29H36Cl2N2O7S. The molecule has 0 spiro atoms. The molecule has 9 nitrogen and oxygen atoms in total. The summed E-state index contributed by atoms with van der Waals surface area (Å²) in [6, 6.07) is 19.4. The molecule has 1 atom stereocenters. The normalized spacial score (nSPS) is 12.0. The predicted molar refractivity (Wildman–Crippen MR) is 163 cm³/mol. The summed E-state index contributed by atoms with van der Waals surface area (Å²) in [5.41, 5.74) is 2.47. The van der Waals surface area contributed by atoms with Crippen LogP contribution < -0.4 is 19.5 Å². The van der Waals surface area contributed by atoms with Crippen LogP contribution in [0.4, 0.5) is 0 Å². The summed E-state index contributed by atoms with van der Waals surface area (Å²) in [5, 5.41) is 22.9. The second kappa shape index (κ2) is 16.5. The molecule has 41 heavy (non-hydrogen) atoms. The number of carbonyl (C=O) groups is 1. The van der Waals surface area contributed by atoms with Gasteiger partial charge in [-0.25, -0.2) is 13.1 Å². The molecule has 3 rings (SSSR count). The van der Waals surface area contributed by atoms with Gasteiger partial charge < -0.3 is 25.0 Å². The molecule has 0 bridgehead atoms. The van der Waals surface area contributed by atoms with Crippen molar-refractivity contribution in [3.8, 4) is 22.6 Å². The molecule has 0 aliphatic rings. The second-order valence-corrected chi connectivity index (χ2v) is 11.6. The highest BCUT2D eigenvalue weighted by Gasteiger charge is 2.20. The van der Waals surface area contributed by atoms with E-state index in [1.165, 1.54) is 6.07 Å². The van der Waals surface area contributed by atoms with E-state index in [2.05, 4.69) is 5.32 Å². The molecule has 0 fully saturated rings. The Hall–Kier alpha value is -2.86. The third-order valence-electron chi connectivity index (χ3n) is 5.71. The Morgan fingerprint density at radius 3 is 2.39 bits per heavy atom. The van der Waals surface area contributed by atoms with E-state index >= 15 is 0 Å². The molecule has 0 unspecified atom stereocenters. The number of aliphatic hydroxyl groups is 2. The number of carbonyl (C=O) groups excluding carboxylic acids is 1. The molecule has 12 heteroatoms. The lowest BCUT2D eigenvalue weighted by Gasteiger charge is -2.16. The number of sulfonamides is 1. The number of aliphatic hydroxyl groups excluding tert-OH is 2. The minimum Gasteiger partial charge on any atom is -0.492 e. The van der Waals surface area contributed by atoms with Gasteiger partial charge in [-0.05, 0) is 73.4 Å². The third kappa shape index (κ3) is 11.1. The van der Waals surface area contributed by atoms with Gasteiger partial charge in [0.25, 0.3) is 5.91 Å². The number of halogens is 2. The van der Waals surface area contributed by atoms with Crippen molar-refractivity contribution in [2.75, 3.05) is 32.1 Å². The number of benzene rings is 3. The van der Waals surface area contributed by atoms with Crippen LogP contribution in [0, 0.1) is 0 Å². The predicted octanol–water partition coefficient (Wildman–Crippen LogP) is 4.36. The van der Waals surface area contributed by atoms with Crippen LogP contribution in [0.5, 0.6) is 11.5 Å². The summed E-state index contributed by atoms with van der Waals surface area (Å²) in [7, 11) is -3.88. The summed E-state index contributed by atoms with van der Waals surface area (Å²) in [6.07, 6.45) is -0.889. The molecule has 0 aliphatic heterocycles. The van der Waals surface area contributed by atoms with Crippen LogP contribution in [-0.4, -0.2) is 62.7 Å². The average Bonchev–Trinajstić information content (AvgIpc) is 2.91. The first-order chi connectivity index (χ1) is 19.1. The zero-order valence-corrected chi connectivity index (χ0v) is 25.3. The van der Waals surface area contributed by atoms with E-state index in [0.717, 1.165) is 16.7 Å². The summed E-state index contributed by atoms with van der Waals surface area (Å²) in [5.74, 6) is -0.224. The van der Waals surface area contributed by atoms with Gasteiger partial charge in [0, 0.05) is 24.7 Å². The van der Waals surface area contributed by atoms with Crippen molar-refractivity contribution in [3.63, 3.8) is 0 Å². The van der Waals surface area contributed by atoms with E-state index in [9.17, 15) is 18.3 Å². The Morgan fingerprint density at radius 2 is 1.73 bits per heavy atom. The molecule has 3 aromatic carbocycles. The summed E-state index contributed by atoms with van der Waals surface area (Å²) >= 11 is 5.97. The van der Waals surface area contributed by atoms with Crippen molar-refractivity contribution in [1.29, 1.82) is 0 Å². The molecule has 3 aromatic rings. The van der Waals surface area contributed by atoms with Gasteiger partial charge in [0.05, 0.1) is 23.5 Å². The molecular weight excluding hydrogens is 591 g/mol. The summed E-state index contributed by atoms with van der Waals surface area (Å²) in [4.78, 5) is 12.7. The van der Waals surface area contributed by atoms with Crippen LogP contribution in [0.3, 0.4) is 0 Å². The second-order valence-electron chi connectivity index (χ2n) is 9.35. The van der Waals surface area contributed by atoms with E-state index in [4.69, 9.17) is 26.2 Å². The number of nitrogens with one attached hydrogen (secondary N) is 2. The van der Waals surface area contributed by atoms with Crippen LogP contribution >= 0.6 is 24.0 Å². The van der Waals surface area contributed by atoms with E-state index in [0.29, 0.717) is 30.5 Å². The first kappa shape index (κ1) is 34.3. The van der Waals surface area contributed by atoms with Gasteiger partial charge in [-0.15, -0.1) is 12.4 Å². The monoisotopic (exact) mass is 626 g/mol. The Balaban J connectivity index is 0.00000588. The largest absolute Gasteiger partial charge is 0.492 e. The van der Waals surface area contributed by atoms with Crippen LogP contribution in [0.15, 0.2) is 66.7 Å². The maximum atomic E-state index is 12.7. The third-order valence-corrected chi connectivity index (χ3v) is 7.27. The lowest BCUT2D eigenvalue weighted by Crippen LogP contribution is -2.33. The number of rotatable bonds is 15. The molecule has 0 saturated carbocycles. The lowest BCUT2D eigenvalue weighted by molar-refractivity contribution is 0.0975. The molecule has 0 heterocycles. The minimum atomic E-state index is -3.88. The Bertz CT molecular complexity index is 1370. The van der Waals surface area contributed by atoms with Crippen molar-refractivity contribution in [3.05, 3.63) is 82.9 Å². The Labute approximate surface area is 252 Å². The standard InChI is InChI=1S/C29H35ClN2O7S.ClH/c1-20(2)39-28-18-22(9-12-26(28)29(35)32-40(36,37)16-4-14-33)21-7-10-25(11-8-21)38-15-13-31-19-27(34)23-5-3-6-24(30)17-23;/h3,5-12,17-18,20,27,31,33-34H,4,13-16,19H2,1-2H3,(H,32,35);1H/t27-;/m0./s1. The van der Waals surface area contributed by atoms with Gasteiger partial charge in [-0.2, -0.15) is 0 Å². The summed E-state index contributed by atoms with van der Waals surface area (Å²) in [6.45, 7) is 4.64. The minimum absolute atomic E-state index is 0. The molecule has 224 valence electrons. The van der Waals surface area contributed by atoms with Gasteiger partial charge in [-0.1, -0.05) is 41.9 Å². The van der Waals surface area contributed by atoms with Crippen LogP contribution in [0.1, 0.15) is 42.3 Å². The number of amides is 1. The fourth-order valence-electron chi connectivity index (χ4n) is 3.80. The van der Waals surface area contributed by atoms with E-state index in [1.807, 2.05) is 48.9 Å². The van der Waals surface area contributed by atoms with Crippen molar-refractivity contribution >= 4 is 39.9 Å². The van der Waals surface area contributed by atoms with E-state index < -0.39 is 22.0 Å². The van der Waals surface area contributed by atoms with Crippen molar-refractivity contribution in [2.45, 2.75) is 32.5 Å². The maximum absolute atomic E-state index is 12.7. The van der Waals surface area contributed by atoms with Crippen molar-refractivity contribution in [2.24, 2.45) is 0 Å². The Kier molecular flexibility index (Phi) is 13.9. The Morgan fingerprint density at radius 1 is 1.02 bits per heavy atom. The highest BCUT2D eigenvalue weighted by Crippen LogP contribution is 2.29. The van der Waals surface area contributed by atoms with Gasteiger partial charge in [0.2, 0.25) is 10.0 Å². The lowest BCUT2D eigenvalue weighted by atomic mass is 10.0. The number of hydrogen-bond donors (Lipinski definition) is 4. The highest BCUT2D eigenvalue weighted by molar-refractivity contribution is 7.90. The fourth-order valence-corrected chi connectivity index (χ4v) is 5.00. The molecule has 4 N–H and O–H groups in total. The fraction of sp³-hybridized carbons (Fsp3) is 0.345. The van der Waals surface area contributed by atoms with Crippen molar-refractivity contribution < 1.29 is 32.9 Å². The first-order valence-electron chi connectivity index (χ1n) is 12.9. The van der Waals surface area contributed by atoms with Crippen LogP contribution in [-0.2, 0) is 10.0 Å². The number of ether oxygens (including phenoxy) is 2. The van der Waals surface area contributed by atoms with Crippen LogP contribution in [0.2, 0.25) is 5.02 Å². The molecule has 0 saturated heterocycles. The average molecular weight is 628 g/mol. The van der Waals surface area contributed by atoms with E-state index in [1.54, 1.807) is 30.3 Å². The van der Waals surface area contributed by atoms with E-state index in [-0.39, 0.29) is 48.6 Å². The topological polar surface area (TPSA) is 134 Å². The zero-order chi connectivity index (χ0) is 29.1. The summed E-state index contributed by atoms with van der Waals surface area (Å²) < 4.78 is 37.9. The van der Waals surface area contributed by atoms with Gasteiger partial charge in [-0.3, -0.25) is 4.79 Å². The molecule has 0 aromatic heterocycles. The van der Waals surface area contributed by atoms with Gasteiger partial charge in [0.15, 0.2) is 0 Å². The first-order valence-corrected chi connectivity index (χ1v) is 14.9. The van der Waals surface area contributed by atoms with Crippen molar-refractivity contribution in [1.82, 2.24) is 10.0 Å². The quantitative estimate of drug-likeness (QED) is 0.183. The highest BCUT2D eigenvalue weighted by atomic mass is 35.5. The SMILES string of the molecule is CC(C)Oc1cc(-c2ccc(OCCNC[C@H](O)c3cccc(Cl)c3)cc2)ccc1C(=O)NS(=O)(=O)CCCO.Cl. The van der Waals surface area contributed by atoms with Gasteiger partial charge >= 0.3 is 0 Å². The van der Waals surface area contributed by atoms with Gasteiger partial charge in [0.1, 0.15) is 18.1 Å². The van der Waals surface area contributed by atoms with Crippen LogP contribution in [0.25, 0.3) is 11.1 Å².